The number of piperazine rings is 1. The first-order valence-corrected chi connectivity index (χ1v) is 12.4. The van der Waals surface area contributed by atoms with Crippen LogP contribution in [0.15, 0.2) is 30.3 Å². The van der Waals surface area contributed by atoms with E-state index in [0.29, 0.717) is 19.0 Å². The van der Waals surface area contributed by atoms with Crippen LogP contribution >= 0.6 is 0 Å². The number of carboxylic acids is 1. The fraction of sp³-hybridized carbons (Fsp3) is 0.680. The lowest BCUT2D eigenvalue weighted by Crippen LogP contribution is -2.49. The number of cyclic esters (lactones) is 1. The molecule has 1 atom stereocenters. The predicted molar refractivity (Wildman–Crippen MR) is 126 cm³/mol. The van der Waals surface area contributed by atoms with Gasteiger partial charge in [-0.25, -0.2) is 4.79 Å². The van der Waals surface area contributed by atoms with Crippen LogP contribution in [0.25, 0.3) is 0 Å². The lowest BCUT2D eigenvalue weighted by Gasteiger charge is -2.35. The Hall–Kier alpha value is -2.16. The number of ether oxygens (including phenoxy) is 1. The summed E-state index contributed by atoms with van der Waals surface area (Å²) in [6.45, 7) is 9.70. The van der Waals surface area contributed by atoms with Crippen LogP contribution in [0.5, 0.6) is 0 Å². The van der Waals surface area contributed by atoms with E-state index in [1.807, 2.05) is 4.90 Å². The van der Waals surface area contributed by atoms with Crippen molar-refractivity contribution in [3.8, 4) is 0 Å². The summed E-state index contributed by atoms with van der Waals surface area (Å²) in [7, 11) is 0. The highest BCUT2D eigenvalue weighted by Gasteiger charge is 2.33. The maximum absolute atomic E-state index is 12.4. The minimum absolute atomic E-state index is 0.0595. The summed E-state index contributed by atoms with van der Waals surface area (Å²) in [6.07, 6.45) is 3.43. The molecule has 8 nitrogen and oxygen atoms in total. The predicted octanol–water partition coefficient (Wildman–Crippen LogP) is 2.20. The molecule has 3 aliphatic heterocycles. The Kier molecular flexibility index (Phi) is 8.58. The number of carboxylic acid groups (broad SMARTS) is 1. The molecular formula is C25H38N4O4. The lowest BCUT2D eigenvalue weighted by atomic mass is 9.93. The van der Waals surface area contributed by atoms with Crippen LogP contribution < -0.4 is 0 Å². The van der Waals surface area contributed by atoms with Crippen molar-refractivity contribution in [1.29, 1.82) is 0 Å². The number of nitrogens with zero attached hydrogens (tertiary/aromatic N) is 4. The minimum atomic E-state index is -0.742. The molecule has 33 heavy (non-hydrogen) atoms. The van der Waals surface area contributed by atoms with Crippen LogP contribution in [0.1, 0.15) is 31.2 Å². The van der Waals surface area contributed by atoms with Gasteiger partial charge in [0.2, 0.25) is 0 Å². The summed E-state index contributed by atoms with van der Waals surface area (Å²) >= 11 is 0. The van der Waals surface area contributed by atoms with E-state index in [1.54, 1.807) is 0 Å². The highest BCUT2D eigenvalue weighted by molar-refractivity contribution is 5.69. The van der Waals surface area contributed by atoms with E-state index in [0.717, 1.165) is 65.3 Å². The number of likely N-dealkylation sites (tertiary alicyclic amines) is 1. The van der Waals surface area contributed by atoms with Crippen LogP contribution in [-0.4, -0.2) is 108 Å². The van der Waals surface area contributed by atoms with Gasteiger partial charge in [-0.2, -0.15) is 0 Å². The number of rotatable bonds is 10. The molecule has 182 valence electrons. The molecule has 3 aliphatic rings. The molecule has 0 saturated carbocycles. The summed E-state index contributed by atoms with van der Waals surface area (Å²) in [5.41, 5.74) is 1.38. The number of aliphatic carboxylic acids is 1. The van der Waals surface area contributed by atoms with Gasteiger partial charge in [0.25, 0.3) is 0 Å². The van der Waals surface area contributed by atoms with Gasteiger partial charge in [0.15, 0.2) is 0 Å². The highest BCUT2D eigenvalue weighted by Crippen LogP contribution is 2.23. The zero-order valence-corrected chi connectivity index (χ0v) is 19.6. The average molecular weight is 459 g/mol. The third-order valence-electron chi connectivity index (χ3n) is 7.28. The maximum atomic E-state index is 12.4. The first kappa shape index (κ1) is 24.0. The minimum Gasteiger partial charge on any atom is -0.481 e. The number of carbonyl (C=O) groups is 2. The Morgan fingerprint density at radius 2 is 1.64 bits per heavy atom. The average Bonchev–Trinajstić information content (AvgIpc) is 3.17. The smallest absolute Gasteiger partial charge is 0.410 e. The Balaban J connectivity index is 1.11. The number of hydrogen-bond donors (Lipinski definition) is 1. The van der Waals surface area contributed by atoms with E-state index >= 15 is 0 Å². The summed E-state index contributed by atoms with van der Waals surface area (Å²) in [6, 6.07) is 10.7. The molecule has 0 spiro atoms. The van der Waals surface area contributed by atoms with Gasteiger partial charge in [0, 0.05) is 52.4 Å². The number of amides is 1. The third kappa shape index (κ3) is 7.42. The molecule has 1 amide bonds. The Bertz CT molecular complexity index is 761. The number of benzene rings is 1. The van der Waals surface area contributed by atoms with Crippen LogP contribution in [0, 0.1) is 5.92 Å². The van der Waals surface area contributed by atoms with Gasteiger partial charge in [0.1, 0.15) is 6.10 Å². The molecule has 0 aliphatic carbocycles. The molecule has 8 heteroatoms. The molecule has 1 aromatic carbocycles. The molecule has 0 aromatic heterocycles. The van der Waals surface area contributed by atoms with E-state index in [1.165, 1.54) is 18.4 Å². The van der Waals surface area contributed by atoms with Crippen LogP contribution in [0.4, 0.5) is 4.79 Å². The molecule has 0 radical (unpaired) electrons. The van der Waals surface area contributed by atoms with E-state index in [-0.39, 0.29) is 18.6 Å². The second-order valence-corrected chi connectivity index (χ2v) is 9.73. The van der Waals surface area contributed by atoms with E-state index in [2.05, 4.69) is 45.0 Å². The largest absolute Gasteiger partial charge is 0.481 e. The number of hydrogen-bond acceptors (Lipinski definition) is 6. The molecule has 4 rings (SSSR count). The van der Waals surface area contributed by atoms with Crippen LogP contribution in [0.3, 0.4) is 0 Å². The fourth-order valence-electron chi connectivity index (χ4n) is 5.20. The zero-order chi connectivity index (χ0) is 23.0. The highest BCUT2D eigenvalue weighted by atomic mass is 16.6. The molecule has 1 unspecified atom stereocenters. The second kappa shape index (κ2) is 11.8. The third-order valence-corrected chi connectivity index (χ3v) is 7.28. The molecular weight excluding hydrogens is 420 g/mol. The van der Waals surface area contributed by atoms with Crippen molar-refractivity contribution < 1.29 is 19.4 Å². The van der Waals surface area contributed by atoms with Gasteiger partial charge in [-0.1, -0.05) is 30.3 Å². The monoisotopic (exact) mass is 458 g/mol. The topological polar surface area (TPSA) is 76.6 Å². The van der Waals surface area contributed by atoms with Gasteiger partial charge in [-0.3, -0.25) is 14.6 Å². The molecule has 3 fully saturated rings. The van der Waals surface area contributed by atoms with Crippen molar-refractivity contribution in [3.63, 3.8) is 0 Å². The van der Waals surface area contributed by atoms with Gasteiger partial charge < -0.3 is 19.6 Å². The standard InChI is InChI=1S/C25H38N4O4/c30-24(31)9-12-26-14-16-28(17-15-26)19-23-20-29(25(32)33-23)13-8-21-6-10-27(11-7-21)18-22-4-2-1-3-5-22/h1-5,21,23H,6-20H2,(H,30,31). The molecule has 3 heterocycles. The Labute approximate surface area is 197 Å². The van der Waals surface area contributed by atoms with Crippen molar-refractivity contribution in [2.75, 3.05) is 65.4 Å². The first-order valence-electron chi connectivity index (χ1n) is 12.4. The molecule has 0 bridgehead atoms. The molecule has 1 N–H and O–H groups in total. The summed E-state index contributed by atoms with van der Waals surface area (Å²) in [4.78, 5) is 32.1. The summed E-state index contributed by atoms with van der Waals surface area (Å²) in [5, 5.41) is 8.84. The summed E-state index contributed by atoms with van der Waals surface area (Å²) < 4.78 is 5.65. The van der Waals surface area contributed by atoms with Gasteiger partial charge in [0.05, 0.1) is 13.0 Å². The Morgan fingerprint density at radius 1 is 0.939 bits per heavy atom. The normalized spacial score (nSPS) is 23.7. The lowest BCUT2D eigenvalue weighted by molar-refractivity contribution is -0.137. The molecule has 1 aromatic rings. The number of piperidine rings is 1. The van der Waals surface area contributed by atoms with Crippen molar-refractivity contribution in [2.24, 2.45) is 5.92 Å². The first-order chi connectivity index (χ1) is 16.0. The van der Waals surface area contributed by atoms with E-state index < -0.39 is 5.97 Å². The van der Waals surface area contributed by atoms with Crippen molar-refractivity contribution in [2.45, 2.75) is 38.3 Å². The zero-order valence-electron chi connectivity index (χ0n) is 19.6. The SMILES string of the molecule is O=C(O)CCN1CCN(CC2CN(CCC3CCN(Cc4ccccc4)CC3)C(=O)O2)CC1. The Morgan fingerprint density at radius 3 is 2.33 bits per heavy atom. The van der Waals surface area contributed by atoms with Crippen LogP contribution in [0.2, 0.25) is 0 Å². The fourth-order valence-corrected chi connectivity index (χ4v) is 5.20. The number of carbonyl (C=O) groups excluding carboxylic acids is 1. The second-order valence-electron chi connectivity index (χ2n) is 9.73. The van der Waals surface area contributed by atoms with Crippen LogP contribution in [-0.2, 0) is 16.1 Å². The van der Waals surface area contributed by atoms with Crippen molar-refractivity contribution in [3.05, 3.63) is 35.9 Å². The quantitative estimate of drug-likeness (QED) is 0.576. The molecule has 3 saturated heterocycles. The maximum Gasteiger partial charge on any atom is 0.410 e. The van der Waals surface area contributed by atoms with E-state index in [4.69, 9.17) is 9.84 Å². The van der Waals surface area contributed by atoms with Crippen molar-refractivity contribution in [1.82, 2.24) is 19.6 Å². The van der Waals surface area contributed by atoms with Gasteiger partial charge in [-0.15, -0.1) is 0 Å². The van der Waals surface area contributed by atoms with Crippen molar-refractivity contribution >= 4 is 12.1 Å². The summed E-state index contributed by atoms with van der Waals surface area (Å²) in [5.74, 6) is -0.0594. The van der Waals surface area contributed by atoms with Gasteiger partial charge >= 0.3 is 12.1 Å². The van der Waals surface area contributed by atoms with Gasteiger partial charge in [-0.05, 0) is 43.8 Å². The van der Waals surface area contributed by atoms with E-state index in [9.17, 15) is 9.59 Å².